The van der Waals surface area contributed by atoms with Crippen LogP contribution in [0.2, 0.25) is 5.02 Å². The highest BCUT2D eigenvalue weighted by Gasteiger charge is 2.06. The lowest BCUT2D eigenvalue weighted by Gasteiger charge is -2.09. The fraction of sp³-hybridized carbons (Fsp3) is 0. The van der Waals surface area contributed by atoms with Crippen LogP contribution in [0.4, 0.5) is 25.8 Å². The van der Waals surface area contributed by atoms with Gasteiger partial charge in [-0.15, -0.1) is 0 Å². The minimum atomic E-state index is -0.556. The Morgan fingerprint density at radius 2 is 1.76 bits per heavy atom. The van der Waals surface area contributed by atoms with Crippen LogP contribution in [-0.2, 0) is 0 Å². The van der Waals surface area contributed by atoms with E-state index < -0.39 is 11.6 Å². The number of hydrogen-bond donors (Lipinski definition) is 2. The molecule has 0 heterocycles. The molecule has 17 heavy (non-hydrogen) atoms. The first kappa shape index (κ1) is 11.7. The predicted molar refractivity (Wildman–Crippen MR) is 65.5 cm³/mol. The zero-order valence-electron chi connectivity index (χ0n) is 8.68. The van der Waals surface area contributed by atoms with Crippen LogP contribution in [0.3, 0.4) is 0 Å². The van der Waals surface area contributed by atoms with Crippen molar-refractivity contribution in [3.63, 3.8) is 0 Å². The zero-order chi connectivity index (χ0) is 12.4. The first-order valence-electron chi connectivity index (χ1n) is 4.83. The number of hydrogen-bond acceptors (Lipinski definition) is 2. The van der Waals surface area contributed by atoms with E-state index in [4.69, 9.17) is 17.3 Å². The summed E-state index contributed by atoms with van der Waals surface area (Å²) in [6, 6.07) is 7.89. The average molecular weight is 255 g/mol. The summed E-state index contributed by atoms with van der Waals surface area (Å²) in [5.41, 5.74) is 6.52. The molecule has 0 saturated heterocycles. The van der Waals surface area contributed by atoms with Gasteiger partial charge in [0.05, 0.1) is 16.4 Å². The summed E-state index contributed by atoms with van der Waals surface area (Å²) in [5, 5.41) is 3.05. The molecule has 0 fully saturated rings. The van der Waals surface area contributed by atoms with E-state index in [0.717, 1.165) is 18.2 Å². The van der Waals surface area contributed by atoms with Gasteiger partial charge in [0, 0.05) is 11.8 Å². The van der Waals surface area contributed by atoms with Crippen molar-refractivity contribution in [1.29, 1.82) is 0 Å². The molecule has 0 unspecified atom stereocenters. The second kappa shape index (κ2) is 4.59. The van der Waals surface area contributed by atoms with Gasteiger partial charge >= 0.3 is 0 Å². The van der Waals surface area contributed by atoms with Gasteiger partial charge in [-0.3, -0.25) is 0 Å². The summed E-state index contributed by atoms with van der Waals surface area (Å²) in [6.07, 6.45) is 0. The van der Waals surface area contributed by atoms with E-state index in [1.54, 1.807) is 12.1 Å². The lowest BCUT2D eigenvalue weighted by Crippen LogP contribution is -1.96. The van der Waals surface area contributed by atoms with Crippen LogP contribution >= 0.6 is 11.6 Å². The van der Waals surface area contributed by atoms with Crippen LogP contribution in [0.1, 0.15) is 0 Å². The Morgan fingerprint density at radius 1 is 1.00 bits per heavy atom. The van der Waals surface area contributed by atoms with Crippen LogP contribution in [-0.4, -0.2) is 0 Å². The van der Waals surface area contributed by atoms with Crippen LogP contribution < -0.4 is 11.1 Å². The molecule has 2 aromatic rings. The molecular weight excluding hydrogens is 246 g/mol. The third-order valence-electron chi connectivity index (χ3n) is 2.19. The molecule has 2 aromatic carbocycles. The van der Waals surface area contributed by atoms with E-state index in [1.807, 2.05) is 0 Å². The van der Waals surface area contributed by atoms with Crippen molar-refractivity contribution in [3.8, 4) is 0 Å². The molecule has 5 heteroatoms. The van der Waals surface area contributed by atoms with E-state index in [-0.39, 0.29) is 5.69 Å². The number of nitrogens with one attached hydrogen (secondary N) is 1. The molecule has 88 valence electrons. The Hall–Kier alpha value is -1.81. The Labute approximate surface area is 102 Å². The largest absolute Gasteiger partial charge is 0.399 e. The normalized spacial score (nSPS) is 10.3. The van der Waals surface area contributed by atoms with Crippen molar-refractivity contribution in [2.24, 2.45) is 0 Å². The fourth-order valence-electron chi connectivity index (χ4n) is 1.37. The van der Waals surface area contributed by atoms with Crippen molar-refractivity contribution in [3.05, 3.63) is 53.1 Å². The monoisotopic (exact) mass is 254 g/mol. The lowest BCUT2D eigenvalue weighted by atomic mass is 10.2. The molecule has 0 radical (unpaired) electrons. The second-order valence-electron chi connectivity index (χ2n) is 3.49. The van der Waals surface area contributed by atoms with Crippen LogP contribution in [0.5, 0.6) is 0 Å². The number of benzene rings is 2. The molecule has 0 aliphatic heterocycles. The van der Waals surface area contributed by atoms with E-state index in [9.17, 15) is 8.78 Å². The van der Waals surface area contributed by atoms with Crippen LogP contribution in [0, 0.1) is 11.6 Å². The zero-order valence-corrected chi connectivity index (χ0v) is 9.43. The Bertz CT molecular complexity index is 558. The maximum Gasteiger partial charge on any atom is 0.146 e. The summed E-state index contributed by atoms with van der Waals surface area (Å²) in [4.78, 5) is 0. The topological polar surface area (TPSA) is 38.0 Å². The third-order valence-corrected chi connectivity index (χ3v) is 2.50. The minimum Gasteiger partial charge on any atom is -0.399 e. The highest BCUT2D eigenvalue weighted by molar-refractivity contribution is 6.33. The summed E-state index contributed by atoms with van der Waals surface area (Å²) < 4.78 is 26.3. The van der Waals surface area contributed by atoms with Gasteiger partial charge in [-0.2, -0.15) is 0 Å². The highest BCUT2D eigenvalue weighted by Crippen LogP contribution is 2.28. The third kappa shape index (κ3) is 2.65. The van der Waals surface area contributed by atoms with Crippen LogP contribution in [0.15, 0.2) is 36.4 Å². The summed E-state index contributed by atoms with van der Waals surface area (Å²) in [5.74, 6) is -1.08. The van der Waals surface area contributed by atoms with Gasteiger partial charge < -0.3 is 11.1 Å². The molecule has 0 aliphatic carbocycles. The van der Waals surface area contributed by atoms with Gasteiger partial charge in [-0.05, 0) is 30.3 Å². The maximum atomic E-state index is 13.4. The predicted octanol–water partition coefficient (Wildman–Crippen LogP) is 3.94. The molecule has 0 aromatic heterocycles. The minimum absolute atomic E-state index is 0.0247. The van der Waals surface area contributed by atoms with Gasteiger partial charge in [0.2, 0.25) is 0 Å². The molecule has 0 saturated carbocycles. The van der Waals surface area contributed by atoms with Crippen molar-refractivity contribution in [1.82, 2.24) is 0 Å². The van der Waals surface area contributed by atoms with Gasteiger partial charge in [0.15, 0.2) is 0 Å². The molecule has 0 atom stereocenters. The molecule has 0 spiro atoms. The van der Waals surface area contributed by atoms with E-state index in [1.165, 1.54) is 6.07 Å². The summed E-state index contributed by atoms with van der Waals surface area (Å²) in [7, 11) is 0. The number of halogens is 3. The number of rotatable bonds is 2. The Morgan fingerprint density at radius 3 is 2.47 bits per heavy atom. The molecular formula is C12H9ClF2N2. The second-order valence-corrected chi connectivity index (χ2v) is 3.90. The highest BCUT2D eigenvalue weighted by atomic mass is 35.5. The van der Waals surface area contributed by atoms with Gasteiger partial charge in [0.1, 0.15) is 11.6 Å². The van der Waals surface area contributed by atoms with Gasteiger partial charge in [-0.1, -0.05) is 11.6 Å². The molecule has 0 aliphatic rings. The molecule has 0 bridgehead atoms. The molecule has 3 N–H and O–H groups in total. The van der Waals surface area contributed by atoms with E-state index in [0.29, 0.717) is 16.4 Å². The van der Waals surface area contributed by atoms with Crippen molar-refractivity contribution in [2.75, 3.05) is 11.1 Å². The quantitative estimate of drug-likeness (QED) is 0.797. The van der Waals surface area contributed by atoms with Crippen LogP contribution in [0.25, 0.3) is 0 Å². The molecule has 2 rings (SSSR count). The average Bonchev–Trinajstić information content (AvgIpc) is 2.27. The smallest absolute Gasteiger partial charge is 0.146 e. The van der Waals surface area contributed by atoms with E-state index in [2.05, 4.69) is 5.32 Å². The Kier molecular flexibility index (Phi) is 3.15. The number of nitrogens with two attached hydrogens (primary N) is 1. The fourth-order valence-corrected chi connectivity index (χ4v) is 1.61. The van der Waals surface area contributed by atoms with Gasteiger partial charge in [-0.25, -0.2) is 8.78 Å². The SMILES string of the molecule is Nc1ccc(Nc2cc(F)ccc2F)c(Cl)c1. The summed E-state index contributed by atoms with van der Waals surface area (Å²) in [6.45, 7) is 0. The lowest BCUT2D eigenvalue weighted by molar-refractivity contribution is 0.603. The standard InChI is InChI=1S/C12H9ClF2N2/c13-9-6-8(16)2-4-11(9)17-12-5-7(14)1-3-10(12)15/h1-6,17H,16H2. The molecule has 2 nitrogen and oxygen atoms in total. The maximum absolute atomic E-state index is 13.4. The molecule has 0 amide bonds. The first-order chi connectivity index (χ1) is 8.06. The van der Waals surface area contributed by atoms with Crippen molar-refractivity contribution >= 4 is 28.7 Å². The van der Waals surface area contributed by atoms with Crippen molar-refractivity contribution < 1.29 is 8.78 Å². The number of anilines is 3. The van der Waals surface area contributed by atoms with E-state index >= 15 is 0 Å². The first-order valence-corrected chi connectivity index (χ1v) is 5.21. The van der Waals surface area contributed by atoms with Crippen molar-refractivity contribution in [2.45, 2.75) is 0 Å². The Balaban J connectivity index is 2.34. The summed E-state index contributed by atoms with van der Waals surface area (Å²) >= 11 is 5.91. The van der Waals surface area contributed by atoms with Gasteiger partial charge in [0.25, 0.3) is 0 Å². The number of nitrogen functional groups attached to an aromatic ring is 1.